The van der Waals surface area contributed by atoms with Crippen LogP contribution in [0.4, 0.5) is 0 Å². The van der Waals surface area contributed by atoms with Gasteiger partial charge in [-0.25, -0.2) is 15.0 Å². The second-order valence-electron chi connectivity index (χ2n) is 6.30. The third kappa shape index (κ3) is 4.40. The molecule has 2 N–H and O–H groups in total. The molecule has 3 heterocycles. The summed E-state index contributed by atoms with van der Waals surface area (Å²) in [4.78, 5) is 25.2. The number of nitrogens with one attached hydrogen (secondary N) is 2. The van der Waals surface area contributed by atoms with Gasteiger partial charge in [0.05, 0.1) is 22.9 Å². The maximum atomic E-state index is 12.2. The summed E-state index contributed by atoms with van der Waals surface area (Å²) < 4.78 is 6.21. The van der Waals surface area contributed by atoms with Crippen LogP contribution in [0.25, 0.3) is 16.4 Å². The molecule has 0 spiro atoms. The van der Waals surface area contributed by atoms with Gasteiger partial charge >= 0.3 is 0 Å². The molecule has 0 saturated carbocycles. The van der Waals surface area contributed by atoms with Crippen LogP contribution in [0.15, 0.2) is 28.5 Å². The van der Waals surface area contributed by atoms with E-state index in [4.69, 9.17) is 4.74 Å². The Morgan fingerprint density at radius 2 is 2.20 bits per heavy atom. The first-order valence-electron chi connectivity index (χ1n) is 8.11. The van der Waals surface area contributed by atoms with E-state index in [9.17, 15) is 4.79 Å². The highest BCUT2D eigenvalue weighted by atomic mass is 32.1. The molecule has 0 unspecified atom stereocenters. The van der Waals surface area contributed by atoms with Crippen molar-refractivity contribution in [3.05, 3.63) is 29.0 Å². The molecule has 25 heavy (non-hydrogen) atoms. The van der Waals surface area contributed by atoms with E-state index in [0.717, 1.165) is 16.7 Å². The summed E-state index contributed by atoms with van der Waals surface area (Å²) in [6, 6.07) is 1.96. The van der Waals surface area contributed by atoms with E-state index in [2.05, 4.69) is 39.4 Å². The van der Waals surface area contributed by atoms with Crippen molar-refractivity contribution in [1.82, 2.24) is 20.6 Å². The molecule has 3 rings (SSSR count). The zero-order valence-corrected chi connectivity index (χ0v) is 15.3. The van der Waals surface area contributed by atoms with Crippen LogP contribution in [0.1, 0.15) is 25.8 Å². The first-order valence-corrected chi connectivity index (χ1v) is 8.99. The summed E-state index contributed by atoms with van der Waals surface area (Å²) in [5, 5.41) is 5.81. The van der Waals surface area contributed by atoms with Gasteiger partial charge in [0.2, 0.25) is 5.96 Å². The molecule has 2 aromatic rings. The number of carbonyl (C=O) groups excluding carboxylic acids is 1. The summed E-state index contributed by atoms with van der Waals surface area (Å²) in [5.74, 6) is 0.753. The topological polar surface area (TPSA) is 88.5 Å². The minimum Gasteiger partial charge on any atom is -0.382 e. The molecule has 0 radical (unpaired) electrons. The van der Waals surface area contributed by atoms with Crippen LogP contribution in [-0.4, -0.2) is 41.6 Å². The standard InChI is InChI=1S/C17H21N5O2S/c1-10(2)4-12(8-24-3)20-17-21-13(16(23)22-17)5-11-6-14-15(18-7-11)19-9-25-14/h5-7,9-10,12H,4,8H2,1-3H3,(H2,20,21,22,23)/b13-5-/t12-/m1/s1. The largest absolute Gasteiger partial charge is 0.382 e. The SMILES string of the molecule is COC[C@@H](CC(C)C)N=C1NC(=O)/C(=C/c2cnc3ncsc3c2)N1. The number of aliphatic imine (C=N–C) groups is 1. The normalized spacial score (nSPS) is 19.0. The first kappa shape index (κ1) is 17.5. The number of aromatic nitrogens is 2. The number of fused-ring (bicyclic) bond motifs is 1. The maximum Gasteiger partial charge on any atom is 0.274 e. The number of amides is 1. The highest BCUT2D eigenvalue weighted by Crippen LogP contribution is 2.18. The van der Waals surface area contributed by atoms with Gasteiger partial charge < -0.3 is 10.1 Å². The van der Waals surface area contributed by atoms with Crippen molar-refractivity contribution in [2.24, 2.45) is 10.9 Å². The summed E-state index contributed by atoms with van der Waals surface area (Å²) in [6.45, 7) is 4.79. The Labute approximate surface area is 150 Å². The Morgan fingerprint density at radius 3 is 2.96 bits per heavy atom. The van der Waals surface area contributed by atoms with Crippen molar-refractivity contribution < 1.29 is 9.53 Å². The number of pyridine rings is 1. The second kappa shape index (κ2) is 7.71. The zero-order valence-electron chi connectivity index (χ0n) is 14.4. The van der Waals surface area contributed by atoms with Gasteiger partial charge in [0, 0.05) is 13.3 Å². The Morgan fingerprint density at radius 1 is 1.36 bits per heavy atom. The van der Waals surface area contributed by atoms with Crippen LogP contribution in [0.3, 0.4) is 0 Å². The van der Waals surface area contributed by atoms with Crippen molar-refractivity contribution in [1.29, 1.82) is 0 Å². The highest BCUT2D eigenvalue weighted by Gasteiger charge is 2.23. The van der Waals surface area contributed by atoms with E-state index >= 15 is 0 Å². The molecule has 1 amide bonds. The van der Waals surface area contributed by atoms with Gasteiger partial charge in [0.1, 0.15) is 5.70 Å². The number of methoxy groups -OCH3 is 1. The Balaban J connectivity index is 1.77. The van der Waals surface area contributed by atoms with Crippen LogP contribution < -0.4 is 10.6 Å². The molecule has 1 aliphatic rings. The minimum atomic E-state index is -0.205. The van der Waals surface area contributed by atoms with Gasteiger partial charge in [-0.3, -0.25) is 10.1 Å². The first-order chi connectivity index (χ1) is 12.0. The van der Waals surface area contributed by atoms with Crippen LogP contribution in [0.2, 0.25) is 0 Å². The number of hydrogen-bond donors (Lipinski definition) is 2. The number of nitrogens with zero attached hydrogens (tertiary/aromatic N) is 3. The molecule has 2 aromatic heterocycles. The van der Waals surface area contributed by atoms with Gasteiger partial charge in [-0.2, -0.15) is 0 Å². The molecule has 0 bridgehead atoms. The van der Waals surface area contributed by atoms with Crippen LogP contribution in [0.5, 0.6) is 0 Å². The quantitative estimate of drug-likeness (QED) is 0.772. The summed E-state index contributed by atoms with van der Waals surface area (Å²) >= 11 is 1.52. The molecule has 132 valence electrons. The molecular weight excluding hydrogens is 338 g/mol. The third-order valence-corrected chi connectivity index (χ3v) is 4.43. The average molecular weight is 359 g/mol. The van der Waals surface area contributed by atoms with E-state index in [1.807, 2.05) is 6.07 Å². The summed E-state index contributed by atoms with van der Waals surface area (Å²) in [5.41, 5.74) is 3.76. The van der Waals surface area contributed by atoms with Crippen LogP contribution in [-0.2, 0) is 9.53 Å². The molecule has 1 fully saturated rings. The lowest BCUT2D eigenvalue weighted by Gasteiger charge is -2.14. The lowest BCUT2D eigenvalue weighted by atomic mass is 10.1. The molecule has 7 nitrogen and oxygen atoms in total. The molecule has 0 aromatic carbocycles. The lowest BCUT2D eigenvalue weighted by molar-refractivity contribution is -0.115. The highest BCUT2D eigenvalue weighted by molar-refractivity contribution is 7.16. The van der Waals surface area contributed by atoms with Gasteiger partial charge in [0.25, 0.3) is 5.91 Å². The van der Waals surface area contributed by atoms with Crippen molar-refractivity contribution in [3.8, 4) is 0 Å². The predicted molar refractivity (Wildman–Crippen MR) is 99.2 cm³/mol. The fourth-order valence-corrected chi connectivity index (χ4v) is 3.33. The van der Waals surface area contributed by atoms with Gasteiger partial charge in [-0.15, -0.1) is 11.3 Å². The third-order valence-electron chi connectivity index (χ3n) is 3.66. The van der Waals surface area contributed by atoms with Crippen molar-refractivity contribution in [3.63, 3.8) is 0 Å². The number of hydrogen-bond acceptors (Lipinski definition) is 6. The number of rotatable bonds is 6. The lowest BCUT2D eigenvalue weighted by Crippen LogP contribution is -2.29. The van der Waals surface area contributed by atoms with E-state index in [1.165, 1.54) is 11.3 Å². The van der Waals surface area contributed by atoms with E-state index in [1.54, 1.807) is 24.9 Å². The number of carbonyl (C=O) groups is 1. The van der Waals surface area contributed by atoms with Crippen molar-refractivity contribution in [2.45, 2.75) is 26.3 Å². The zero-order chi connectivity index (χ0) is 17.8. The average Bonchev–Trinajstić information content (AvgIpc) is 3.13. The van der Waals surface area contributed by atoms with E-state index in [-0.39, 0.29) is 11.9 Å². The van der Waals surface area contributed by atoms with Crippen molar-refractivity contribution in [2.75, 3.05) is 13.7 Å². The predicted octanol–water partition coefficient (Wildman–Crippen LogP) is 2.17. The smallest absolute Gasteiger partial charge is 0.274 e. The number of guanidine groups is 1. The number of thiazole rings is 1. The van der Waals surface area contributed by atoms with Gasteiger partial charge in [0.15, 0.2) is 5.65 Å². The monoisotopic (exact) mass is 359 g/mol. The fourth-order valence-electron chi connectivity index (χ4n) is 2.65. The Bertz CT molecular complexity index is 827. The minimum absolute atomic E-state index is 0.00219. The number of ether oxygens (including phenoxy) is 1. The van der Waals surface area contributed by atoms with E-state index < -0.39 is 0 Å². The summed E-state index contributed by atoms with van der Waals surface area (Å²) in [6.07, 6.45) is 4.35. The van der Waals surface area contributed by atoms with E-state index in [0.29, 0.717) is 29.8 Å². The molecule has 0 aliphatic carbocycles. The fraction of sp³-hybridized carbons (Fsp3) is 0.412. The molecule has 1 saturated heterocycles. The van der Waals surface area contributed by atoms with Gasteiger partial charge in [-0.1, -0.05) is 13.8 Å². The molecule has 1 atom stereocenters. The molecule has 1 aliphatic heterocycles. The summed E-state index contributed by atoms with van der Waals surface area (Å²) in [7, 11) is 1.65. The second-order valence-corrected chi connectivity index (χ2v) is 7.18. The van der Waals surface area contributed by atoms with Gasteiger partial charge in [-0.05, 0) is 30.0 Å². The Kier molecular flexibility index (Phi) is 5.40. The van der Waals surface area contributed by atoms with Crippen LogP contribution >= 0.6 is 11.3 Å². The maximum absolute atomic E-state index is 12.2. The molecule has 8 heteroatoms. The van der Waals surface area contributed by atoms with Crippen molar-refractivity contribution >= 4 is 39.6 Å². The molecular formula is C17H21N5O2S. The Hall–Kier alpha value is -2.32. The van der Waals surface area contributed by atoms with Crippen LogP contribution in [0, 0.1) is 5.92 Å².